The molecule has 0 aliphatic carbocycles. The Labute approximate surface area is 180 Å². The average molecular weight is 435 g/mol. The van der Waals surface area contributed by atoms with Crippen LogP contribution in [0.25, 0.3) is 11.4 Å². The summed E-state index contributed by atoms with van der Waals surface area (Å²) in [4.78, 5) is 22.2. The number of halogens is 1. The zero-order valence-corrected chi connectivity index (χ0v) is 18.0. The number of nitrogens with zero attached hydrogens (tertiary/aromatic N) is 4. The first-order valence-corrected chi connectivity index (χ1v) is 10.4. The monoisotopic (exact) mass is 434 g/mol. The molecule has 0 bridgehead atoms. The molecular weight excluding hydrogens is 408 g/mol. The van der Waals surface area contributed by atoms with E-state index in [1.807, 2.05) is 19.1 Å². The zero-order valence-electron chi connectivity index (χ0n) is 17.2. The van der Waals surface area contributed by atoms with Crippen molar-refractivity contribution in [3.05, 3.63) is 35.2 Å². The van der Waals surface area contributed by atoms with E-state index in [4.69, 9.17) is 20.9 Å². The molecule has 0 spiro atoms. The van der Waals surface area contributed by atoms with Gasteiger partial charge in [0.15, 0.2) is 5.96 Å². The van der Waals surface area contributed by atoms with Crippen LogP contribution in [0, 0.1) is 0 Å². The summed E-state index contributed by atoms with van der Waals surface area (Å²) in [7, 11) is 1.73. The number of piperidine rings is 1. The molecule has 2 heterocycles. The maximum Gasteiger partial charge on any atom is 0.409 e. The van der Waals surface area contributed by atoms with Crippen molar-refractivity contribution in [3.63, 3.8) is 0 Å². The minimum Gasteiger partial charge on any atom is -0.450 e. The van der Waals surface area contributed by atoms with Gasteiger partial charge in [-0.15, -0.1) is 0 Å². The number of carbonyl (C=O) groups excluding carboxylic acids is 1. The van der Waals surface area contributed by atoms with E-state index in [1.165, 1.54) is 0 Å². The number of likely N-dealkylation sites (tertiary alicyclic amines) is 1. The van der Waals surface area contributed by atoms with Gasteiger partial charge in [-0.2, -0.15) is 4.98 Å². The smallest absolute Gasteiger partial charge is 0.409 e. The lowest BCUT2D eigenvalue weighted by atomic mass is 10.1. The first kappa shape index (κ1) is 21.9. The van der Waals surface area contributed by atoms with Crippen LogP contribution in [-0.2, 0) is 11.2 Å². The summed E-state index contributed by atoms with van der Waals surface area (Å²) >= 11 is 5.91. The van der Waals surface area contributed by atoms with Crippen molar-refractivity contribution >= 4 is 23.7 Å². The van der Waals surface area contributed by atoms with Crippen LogP contribution in [0.15, 0.2) is 33.8 Å². The standard InChI is InChI=1S/C20H27ClN6O3/c1-3-29-20(28)27-12-9-16(10-13-27)24-19(22-2)23-11-8-17-25-18(26-30-17)14-4-6-15(21)7-5-14/h4-7,16H,3,8-13H2,1-2H3,(H2,22,23,24). The normalized spacial score (nSPS) is 15.2. The fraction of sp³-hybridized carbons (Fsp3) is 0.500. The molecule has 1 aliphatic rings. The van der Waals surface area contributed by atoms with Gasteiger partial charge in [-0.1, -0.05) is 16.8 Å². The van der Waals surface area contributed by atoms with Crippen LogP contribution in [0.1, 0.15) is 25.7 Å². The highest BCUT2D eigenvalue weighted by molar-refractivity contribution is 6.30. The molecule has 1 fully saturated rings. The van der Waals surface area contributed by atoms with Gasteiger partial charge in [-0.3, -0.25) is 4.99 Å². The van der Waals surface area contributed by atoms with Crippen LogP contribution in [0.4, 0.5) is 4.79 Å². The van der Waals surface area contributed by atoms with Gasteiger partial charge in [0.25, 0.3) is 0 Å². The molecular formula is C20H27ClN6O3. The van der Waals surface area contributed by atoms with Crippen molar-refractivity contribution in [3.8, 4) is 11.4 Å². The van der Waals surface area contributed by atoms with Gasteiger partial charge < -0.3 is 24.8 Å². The SMILES string of the molecule is CCOC(=O)N1CCC(NC(=NC)NCCc2nc(-c3ccc(Cl)cc3)no2)CC1. The highest BCUT2D eigenvalue weighted by Crippen LogP contribution is 2.18. The highest BCUT2D eigenvalue weighted by Gasteiger charge is 2.24. The minimum atomic E-state index is -0.240. The van der Waals surface area contributed by atoms with Crippen LogP contribution in [0.5, 0.6) is 0 Å². The van der Waals surface area contributed by atoms with E-state index in [0.717, 1.165) is 18.4 Å². The van der Waals surface area contributed by atoms with E-state index in [2.05, 4.69) is 25.8 Å². The number of aliphatic imine (C=N–C) groups is 1. The number of amides is 1. The van der Waals surface area contributed by atoms with Crippen LogP contribution in [-0.4, -0.2) is 66.4 Å². The molecule has 1 aromatic heterocycles. The maximum atomic E-state index is 11.8. The maximum absolute atomic E-state index is 11.8. The number of nitrogens with one attached hydrogen (secondary N) is 2. The molecule has 1 saturated heterocycles. The Hall–Kier alpha value is -2.81. The molecule has 30 heavy (non-hydrogen) atoms. The molecule has 10 heteroatoms. The first-order chi connectivity index (χ1) is 14.6. The third kappa shape index (κ3) is 6.09. The van der Waals surface area contributed by atoms with Crippen LogP contribution in [0.3, 0.4) is 0 Å². The Kier molecular flexibility index (Phi) is 7.89. The summed E-state index contributed by atoms with van der Waals surface area (Å²) in [5, 5.41) is 11.3. The predicted octanol–water partition coefficient (Wildman–Crippen LogP) is 2.72. The summed E-state index contributed by atoms with van der Waals surface area (Å²) < 4.78 is 10.4. The molecule has 0 radical (unpaired) electrons. The number of guanidine groups is 1. The summed E-state index contributed by atoms with van der Waals surface area (Å²) in [5.41, 5.74) is 0.856. The van der Waals surface area contributed by atoms with Gasteiger partial charge in [0.2, 0.25) is 11.7 Å². The average Bonchev–Trinajstić information content (AvgIpc) is 3.23. The Morgan fingerprint density at radius 2 is 2.07 bits per heavy atom. The zero-order chi connectivity index (χ0) is 21.3. The molecule has 162 valence electrons. The minimum absolute atomic E-state index is 0.240. The summed E-state index contributed by atoms with van der Waals surface area (Å²) in [6.07, 6.45) is 2.01. The number of hydrogen-bond acceptors (Lipinski definition) is 6. The lowest BCUT2D eigenvalue weighted by Gasteiger charge is -2.32. The second-order valence-electron chi connectivity index (χ2n) is 6.87. The summed E-state index contributed by atoms with van der Waals surface area (Å²) in [6, 6.07) is 7.55. The van der Waals surface area contributed by atoms with Gasteiger partial charge in [-0.05, 0) is 44.0 Å². The van der Waals surface area contributed by atoms with Gasteiger partial charge in [-0.25, -0.2) is 4.79 Å². The summed E-state index contributed by atoms with van der Waals surface area (Å²) in [6.45, 7) is 4.15. The molecule has 1 amide bonds. The third-order valence-corrected chi connectivity index (χ3v) is 5.04. The van der Waals surface area contributed by atoms with E-state index in [0.29, 0.717) is 55.4 Å². The number of benzene rings is 1. The van der Waals surface area contributed by atoms with Crippen LogP contribution < -0.4 is 10.6 Å². The quantitative estimate of drug-likeness (QED) is 0.532. The van der Waals surface area contributed by atoms with Gasteiger partial charge >= 0.3 is 6.09 Å². The lowest BCUT2D eigenvalue weighted by molar-refractivity contribution is 0.0963. The topological polar surface area (TPSA) is 105 Å². The van der Waals surface area contributed by atoms with E-state index >= 15 is 0 Å². The molecule has 3 rings (SSSR count). The third-order valence-electron chi connectivity index (χ3n) is 4.79. The molecule has 9 nitrogen and oxygen atoms in total. The van der Waals surface area contributed by atoms with Crippen molar-refractivity contribution in [1.82, 2.24) is 25.7 Å². The predicted molar refractivity (Wildman–Crippen MR) is 115 cm³/mol. The largest absolute Gasteiger partial charge is 0.450 e. The van der Waals surface area contributed by atoms with Crippen LogP contribution >= 0.6 is 11.6 Å². The van der Waals surface area contributed by atoms with E-state index in [1.54, 1.807) is 24.1 Å². The Balaban J connectivity index is 1.41. The molecule has 1 aliphatic heterocycles. The fourth-order valence-corrected chi connectivity index (χ4v) is 3.30. The van der Waals surface area contributed by atoms with Crippen molar-refractivity contribution in [2.45, 2.75) is 32.2 Å². The Bertz CT molecular complexity index is 846. The van der Waals surface area contributed by atoms with Crippen molar-refractivity contribution in [2.24, 2.45) is 4.99 Å². The number of carbonyl (C=O) groups is 1. The number of hydrogen-bond donors (Lipinski definition) is 2. The number of aromatic nitrogens is 2. The van der Waals surface area contributed by atoms with Gasteiger partial charge in [0.05, 0.1) is 6.61 Å². The number of ether oxygens (including phenoxy) is 1. The molecule has 1 aromatic carbocycles. The van der Waals surface area contributed by atoms with Crippen molar-refractivity contribution in [1.29, 1.82) is 0 Å². The molecule has 0 saturated carbocycles. The van der Waals surface area contributed by atoms with Gasteiger partial charge in [0, 0.05) is 49.7 Å². The Morgan fingerprint density at radius 3 is 2.73 bits per heavy atom. The molecule has 2 aromatic rings. The second-order valence-corrected chi connectivity index (χ2v) is 7.31. The van der Waals surface area contributed by atoms with E-state index in [-0.39, 0.29) is 12.1 Å². The van der Waals surface area contributed by atoms with E-state index < -0.39 is 0 Å². The number of rotatable bonds is 6. The fourth-order valence-electron chi connectivity index (χ4n) is 3.17. The molecule has 2 N–H and O–H groups in total. The first-order valence-electron chi connectivity index (χ1n) is 10.1. The van der Waals surface area contributed by atoms with E-state index in [9.17, 15) is 4.79 Å². The molecule has 0 unspecified atom stereocenters. The lowest BCUT2D eigenvalue weighted by Crippen LogP contribution is -2.50. The van der Waals surface area contributed by atoms with Crippen molar-refractivity contribution in [2.75, 3.05) is 33.3 Å². The highest BCUT2D eigenvalue weighted by atomic mass is 35.5. The molecule has 0 atom stereocenters. The second kappa shape index (κ2) is 10.8. The van der Waals surface area contributed by atoms with Crippen molar-refractivity contribution < 1.29 is 14.1 Å². The van der Waals surface area contributed by atoms with Crippen LogP contribution in [0.2, 0.25) is 5.02 Å². The Morgan fingerprint density at radius 1 is 1.33 bits per heavy atom. The van der Waals surface area contributed by atoms with Gasteiger partial charge in [0.1, 0.15) is 0 Å². The summed E-state index contributed by atoms with van der Waals surface area (Å²) in [5.74, 6) is 1.80.